The van der Waals surface area contributed by atoms with Crippen LogP contribution >= 0.6 is 0 Å². The average Bonchev–Trinajstić information content (AvgIpc) is 3.14. The summed E-state index contributed by atoms with van der Waals surface area (Å²) in [5.74, 6) is -0.534. The van der Waals surface area contributed by atoms with Crippen LogP contribution in [0.15, 0.2) is 70.1 Å². The van der Waals surface area contributed by atoms with Crippen molar-refractivity contribution >= 4 is 22.6 Å². The molecule has 4 aromatic rings. The molecule has 29 heavy (non-hydrogen) atoms. The molecule has 0 saturated heterocycles. The number of methoxy groups -OCH3 is 1. The van der Waals surface area contributed by atoms with Crippen LogP contribution in [0.1, 0.15) is 16.1 Å². The second-order valence-electron chi connectivity index (χ2n) is 6.35. The number of nitrogens with one attached hydrogen (secondary N) is 1. The lowest BCUT2D eigenvalue weighted by atomic mass is 10.2. The van der Waals surface area contributed by atoms with Crippen molar-refractivity contribution in [1.82, 2.24) is 9.78 Å². The summed E-state index contributed by atoms with van der Waals surface area (Å²) in [5, 5.41) is 7.14. The van der Waals surface area contributed by atoms with Gasteiger partial charge in [0.25, 0.3) is 5.91 Å². The first-order valence-electron chi connectivity index (χ1n) is 8.72. The van der Waals surface area contributed by atoms with Gasteiger partial charge in [-0.15, -0.1) is 0 Å². The number of hydrogen-bond acceptors (Lipinski definition) is 5. The van der Waals surface area contributed by atoms with Crippen LogP contribution in [0.3, 0.4) is 0 Å². The molecule has 0 unspecified atom stereocenters. The molecule has 0 atom stereocenters. The number of carbonyl (C=O) groups is 1. The number of nitrogens with zero attached hydrogens (tertiary/aromatic N) is 2. The third-order valence-corrected chi connectivity index (χ3v) is 4.28. The van der Waals surface area contributed by atoms with Gasteiger partial charge in [0, 0.05) is 18.3 Å². The molecule has 2 aromatic heterocycles. The van der Waals surface area contributed by atoms with Crippen molar-refractivity contribution in [3.05, 3.63) is 88.3 Å². The zero-order chi connectivity index (χ0) is 20.4. The van der Waals surface area contributed by atoms with Crippen LogP contribution in [-0.4, -0.2) is 22.8 Å². The molecule has 0 spiro atoms. The predicted octanol–water partition coefficient (Wildman–Crippen LogP) is 3.44. The van der Waals surface area contributed by atoms with Gasteiger partial charge in [-0.2, -0.15) is 5.10 Å². The van der Waals surface area contributed by atoms with Gasteiger partial charge in [-0.05, 0) is 29.8 Å². The summed E-state index contributed by atoms with van der Waals surface area (Å²) in [6, 6.07) is 12.1. The van der Waals surface area contributed by atoms with E-state index in [1.165, 1.54) is 25.4 Å². The Labute approximate surface area is 164 Å². The highest BCUT2D eigenvalue weighted by Gasteiger charge is 2.14. The Morgan fingerprint density at radius 3 is 2.90 bits per heavy atom. The fourth-order valence-corrected chi connectivity index (χ4v) is 2.90. The van der Waals surface area contributed by atoms with Gasteiger partial charge in [-0.1, -0.05) is 12.1 Å². The number of ether oxygens (including phenoxy) is 1. The van der Waals surface area contributed by atoms with E-state index < -0.39 is 5.91 Å². The van der Waals surface area contributed by atoms with Crippen molar-refractivity contribution in [1.29, 1.82) is 0 Å². The fourth-order valence-electron chi connectivity index (χ4n) is 2.90. The molecule has 2 aromatic carbocycles. The molecule has 8 heteroatoms. The number of aromatic nitrogens is 2. The number of amides is 1. The van der Waals surface area contributed by atoms with Gasteiger partial charge < -0.3 is 14.5 Å². The van der Waals surface area contributed by atoms with Gasteiger partial charge in [0.15, 0.2) is 11.2 Å². The van der Waals surface area contributed by atoms with E-state index in [1.807, 2.05) is 0 Å². The zero-order valence-electron chi connectivity index (χ0n) is 15.4. The molecule has 2 heterocycles. The van der Waals surface area contributed by atoms with Crippen LogP contribution in [-0.2, 0) is 6.54 Å². The number of halogens is 1. The summed E-state index contributed by atoms with van der Waals surface area (Å²) in [7, 11) is 1.50. The minimum atomic E-state index is -0.586. The Hall–Kier alpha value is -3.94. The highest BCUT2D eigenvalue weighted by atomic mass is 19.1. The SMILES string of the molecule is COc1ccc2c(=O)cc(C(=O)Nc3cnn(Cc4cccc(F)c4)c3)oc2c1. The summed E-state index contributed by atoms with van der Waals surface area (Å²) in [5.41, 5.74) is 1.07. The Morgan fingerprint density at radius 1 is 1.24 bits per heavy atom. The van der Waals surface area contributed by atoms with E-state index in [9.17, 15) is 14.0 Å². The quantitative estimate of drug-likeness (QED) is 0.561. The summed E-state index contributed by atoms with van der Waals surface area (Å²) < 4.78 is 25.6. The average molecular weight is 393 g/mol. The molecule has 4 rings (SSSR count). The molecule has 0 aliphatic heterocycles. The van der Waals surface area contributed by atoms with Crippen molar-refractivity contribution in [2.75, 3.05) is 12.4 Å². The van der Waals surface area contributed by atoms with E-state index in [0.29, 0.717) is 23.4 Å². The molecule has 1 amide bonds. The van der Waals surface area contributed by atoms with Crippen LogP contribution in [0.5, 0.6) is 5.75 Å². The Morgan fingerprint density at radius 2 is 2.10 bits per heavy atom. The van der Waals surface area contributed by atoms with Gasteiger partial charge >= 0.3 is 0 Å². The fraction of sp³-hybridized carbons (Fsp3) is 0.0952. The zero-order valence-corrected chi connectivity index (χ0v) is 15.4. The molecular formula is C21H16FN3O4. The van der Waals surface area contributed by atoms with Gasteiger partial charge in [-0.3, -0.25) is 14.3 Å². The van der Waals surface area contributed by atoms with E-state index in [0.717, 1.165) is 11.6 Å². The van der Waals surface area contributed by atoms with Gasteiger partial charge in [0.05, 0.1) is 30.9 Å². The summed E-state index contributed by atoms with van der Waals surface area (Å²) in [6.07, 6.45) is 3.06. The molecule has 0 saturated carbocycles. The minimum Gasteiger partial charge on any atom is -0.497 e. The Bertz CT molecular complexity index is 1260. The summed E-state index contributed by atoms with van der Waals surface area (Å²) in [6.45, 7) is 0.346. The van der Waals surface area contributed by atoms with Crippen molar-refractivity contribution in [2.24, 2.45) is 0 Å². The molecule has 0 fully saturated rings. The van der Waals surface area contributed by atoms with Crippen LogP contribution < -0.4 is 15.5 Å². The lowest BCUT2D eigenvalue weighted by Gasteiger charge is -2.05. The van der Waals surface area contributed by atoms with Gasteiger partial charge in [0.1, 0.15) is 17.1 Å². The van der Waals surface area contributed by atoms with Crippen LogP contribution in [0.2, 0.25) is 0 Å². The normalized spacial score (nSPS) is 10.8. The number of hydrogen-bond donors (Lipinski definition) is 1. The second kappa shape index (κ2) is 7.59. The van der Waals surface area contributed by atoms with Crippen molar-refractivity contribution in [2.45, 2.75) is 6.54 Å². The maximum atomic E-state index is 13.3. The van der Waals surface area contributed by atoms with Crippen LogP contribution in [0.4, 0.5) is 10.1 Å². The number of benzene rings is 2. The first-order valence-corrected chi connectivity index (χ1v) is 8.72. The molecule has 0 aliphatic carbocycles. The van der Waals surface area contributed by atoms with E-state index >= 15 is 0 Å². The third-order valence-electron chi connectivity index (χ3n) is 4.28. The number of anilines is 1. The molecule has 7 nitrogen and oxygen atoms in total. The third kappa shape index (κ3) is 4.01. The van der Waals surface area contributed by atoms with Crippen LogP contribution in [0.25, 0.3) is 11.0 Å². The van der Waals surface area contributed by atoms with Crippen molar-refractivity contribution in [3.63, 3.8) is 0 Å². The standard InChI is InChI=1S/C21H16FN3O4/c1-28-16-5-6-17-18(26)9-20(29-19(17)8-16)21(27)24-15-10-23-25(12-15)11-13-3-2-4-14(22)7-13/h2-10,12H,11H2,1H3,(H,24,27). The van der Waals surface area contributed by atoms with Crippen LogP contribution in [0, 0.1) is 5.82 Å². The number of carbonyl (C=O) groups excluding carboxylic acids is 1. The lowest BCUT2D eigenvalue weighted by Crippen LogP contribution is -2.14. The predicted molar refractivity (Wildman–Crippen MR) is 105 cm³/mol. The number of fused-ring (bicyclic) bond motifs is 1. The smallest absolute Gasteiger partial charge is 0.291 e. The Balaban J connectivity index is 1.53. The minimum absolute atomic E-state index is 0.131. The van der Waals surface area contributed by atoms with Gasteiger partial charge in [0.2, 0.25) is 0 Å². The number of rotatable bonds is 5. The largest absolute Gasteiger partial charge is 0.497 e. The lowest BCUT2D eigenvalue weighted by molar-refractivity contribution is 0.0997. The topological polar surface area (TPSA) is 86.4 Å². The summed E-state index contributed by atoms with van der Waals surface area (Å²) >= 11 is 0. The van der Waals surface area contributed by atoms with E-state index in [4.69, 9.17) is 9.15 Å². The van der Waals surface area contributed by atoms with E-state index in [1.54, 1.807) is 41.2 Å². The maximum absolute atomic E-state index is 13.3. The van der Waals surface area contributed by atoms with E-state index in [2.05, 4.69) is 10.4 Å². The first-order chi connectivity index (χ1) is 14.0. The molecular weight excluding hydrogens is 377 g/mol. The molecule has 1 N–H and O–H groups in total. The highest BCUT2D eigenvalue weighted by Crippen LogP contribution is 2.20. The van der Waals surface area contributed by atoms with Crippen molar-refractivity contribution < 1.29 is 18.3 Å². The monoisotopic (exact) mass is 393 g/mol. The molecule has 0 radical (unpaired) electrons. The molecule has 0 bridgehead atoms. The van der Waals surface area contributed by atoms with Crippen molar-refractivity contribution in [3.8, 4) is 5.75 Å². The van der Waals surface area contributed by atoms with Gasteiger partial charge in [-0.25, -0.2) is 4.39 Å². The van der Waals surface area contributed by atoms with E-state index in [-0.39, 0.29) is 22.6 Å². The Kier molecular flexibility index (Phi) is 4.82. The maximum Gasteiger partial charge on any atom is 0.291 e. The second-order valence-corrected chi connectivity index (χ2v) is 6.35. The molecule has 0 aliphatic rings. The molecule has 146 valence electrons. The first kappa shape index (κ1) is 18.4. The summed E-state index contributed by atoms with van der Waals surface area (Å²) in [4.78, 5) is 24.8. The highest BCUT2D eigenvalue weighted by molar-refractivity contribution is 6.02.